The summed E-state index contributed by atoms with van der Waals surface area (Å²) in [4.78, 5) is 4.87. The van der Waals surface area contributed by atoms with Crippen molar-refractivity contribution < 1.29 is 0 Å². The van der Waals surface area contributed by atoms with Gasteiger partial charge in [-0.1, -0.05) is 89.1 Å². The third-order valence-electron chi connectivity index (χ3n) is 6.87. The minimum absolute atomic E-state index is 0.678. The summed E-state index contributed by atoms with van der Waals surface area (Å²) in [5, 5.41) is 0. The van der Waals surface area contributed by atoms with E-state index in [9.17, 15) is 0 Å². The standard InChI is InChI=1S/C28H41N/c1-3-5-7-8-9-11-24-14-18-26(19-15-24)28-21-20-27(22-29-28)25-16-12-23(13-17-25)10-6-4-2/h12-13,16-17,20-22,24,26H,3-11,14-15,18-19H2,1-2H3. The molecule has 3 rings (SSSR count). The Hall–Kier alpha value is -1.63. The van der Waals surface area contributed by atoms with Gasteiger partial charge in [-0.25, -0.2) is 0 Å². The second-order valence-corrected chi connectivity index (χ2v) is 9.19. The van der Waals surface area contributed by atoms with Gasteiger partial charge in [0.25, 0.3) is 0 Å². The summed E-state index contributed by atoms with van der Waals surface area (Å²) in [5.41, 5.74) is 5.30. The maximum atomic E-state index is 4.87. The summed E-state index contributed by atoms with van der Waals surface area (Å²) in [6.45, 7) is 4.55. The molecule has 0 spiro atoms. The number of rotatable bonds is 11. The first-order chi connectivity index (χ1) is 14.3. The summed E-state index contributed by atoms with van der Waals surface area (Å²) in [6.07, 6.45) is 19.8. The van der Waals surface area contributed by atoms with Crippen molar-refractivity contribution in [1.82, 2.24) is 4.98 Å². The lowest BCUT2D eigenvalue weighted by molar-refractivity contribution is 0.299. The average molecular weight is 392 g/mol. The van der Waals surface area contributed by atoms with Crippen LogP contribution in [0.25, 0.3) is 11.1 Å². The Morgan fingerprint density at radius 2 is 1.41 bits per heavy atom. The highest BCUT2D eigenvalue weighted by Gasteiger charge is 2.22. The largest absolute Gasteiger partial charge is 0.260 e. The Morgan fingerprint density at radius 1 is 0.724 bits per heavy atom. The molecule has 0 bridgehead atoms. The minimum Gasteiger partial charge on any atom is -0.260 e. The zero-order valence-electron chi connectivity index (χ0n) is 18.8. The second kappa shape index (κ2) is 12.2. The van der Waals surface area contributed by atoms with Gasteiger partial charge >= 0.3 is 0 Å². The van der Waals surface area contributed by atoms with Gasteiger partial charge in [0, 0.05) is 23.4 Å². The molecule has 1 heterocycles. The number of pyridine rings is 1. The molecule has 158 valence electrons. The monoisotopic (exact) mass is 391 g/mol. The first-order valence-corrected chi connectivity index (χ1v) is 12.4. The third-order valence-corrected chi connectivity index (χ3v) is 6.87. The molecule has 0 unspecified atom stereocenters. The molecule has 0 aliphatic heterocycles. The zero-order chi connectivity index (χ0) is 20.3. The van der Waals surface area contributed by atoms with E-state index in [1.165, 1.54) is 106 Å². The van der Waals surface area contributed by atoms with Crippen molar-refractivity contribution >= 4 is 0 Å². The molecule has 1 fully saturated rings. The molecule has 1 aliphatic carbocycles. The van der Waals surface area contributed by atoms with Crippen molar-refractivity contribution in [3.05, 3.63) is 53.9 Å². The number of aromatic nitrogens is 1. The lowest BCUT2D eigenvalue weighted by Crippen LogP contribution is -2.14. The number of nitrogens with zero attached hydrogens (tertiary/aromatic N) is 1. The van der Waals surface area contributed by atoms with E-state index in [1.807, 2.05) is 0 Å². The van der Waals surface area contributed by atoms with Crippen LogP contribution in [0.4, 0.5) is 0 Å². The van der Waals surface area contributed by atoms with Crippen molar-refractivity contribution in [1.29, 1.82) is 0 Å². The van der Waals surface area contributed by atoms with E-state index in [4.69, 9.17) is 4.98 Å². The lowest BCUT2D eigenvalue weighted by Gasteiger charge is -2.28. The first kappa shape index (κ1) is 22.1. The normalized spacial score (nSPS) is 19.4. The predicted molar refractivity (Wildman–Crippen MR) is 126 cm³/mol. The fourth-order valence-corrected chi connectivity index (χ4v) is 4.85. The van der Waals surface area contributed by atoms with Crippen LogP contribution in [0, 0.1) is 5.92 Å². The highest BCUT2D eigenvalue weighted by atomic mass is 14.7. The van der Waals surface area contributed by atoms with Crippen LogP contribution < -0.4 is 0 Å². The summed E-state index contributed by atoms with van der Waals surface area (Å²) in [7, 11) is 0. The van der Waals surface area contributed by atoms with Crippen LogP contribution in [0.3, 0.4) is 0 Å². The van der Waals surface area contributed by atoms with E-state index < -0.39 is 0 Å². The van der Waals surface area contributed by atoms with Crippen molar-refractivity contribution in [3.63, 3.8) is 0 Å². The molecule has 0 radical (unpaired) electrons. The van der Waals surface area contributed by atoms with E-state index in [0.29, 0.717) is 5.92 Å². The van der Waals surface area contributed by atoms with Crippen LogP contribution in [-0.4, -0.2) is 4.98 Å². The van der Waals surface area contributed by atoms with E-state index in [1.54, 1.807) is 0 Å². The maximum Gasteiger partial charge on any atom is 0.0434 e. The van der Waals surface area contributed by atoms with Crippen molar-refractivity contribution in [2.75, 3.05) is 0 Å². The maximum absolute atomic E-state index is 4.87. The fraction of sp³-hybridized carbons (Fsp3) is 0.607. The van der Waals surface area contributed by atoms with Gasteiger partial charge in [0.05, 0.1) is 0 Å². The smallest absolute Gasteiger partial charge is 0.0434 e. The quantitative estimate of drug-likeness (QED) is 0.349. The number of unbranched alkanes of at least 4 members (excludes halogenated alkanes) is 5. The number of hydrogen-bond donors (Lipinski definition) is 0. The van der Waals surface area contributed by atoms with Gasteiger partial charge in [-0.3, -0.25) is 4.98 Å². The molecular weight excluding hydrogens is 350 g/mol. The van der Waals surface area contributed by atoms with Gasteiger partial charge < -0.3 is 0 Å². The van der Waals surface area contributed by atoms with Crippen LogP contribution >= 0.6 is 0 Å². The van der Waals surface area contributed by atoms with Crippen LogP contribution in [-0.2, 0) is 6.42 Å². The molecule has 0 atom stereocenters. The molecular formula is C28H41N. The lowest BCUT2D eigenvalue weighted by atomic mass is 9.78. The highest BCUT2D eigenvalue weighted by molar-refractivity contribution is 5.62. The Bertz CT molecular complexity index is 677. The van der Waals surface area contributed by atoms with Gasteiger partial charge in [-0.05, 0) is 61.6 Å². The summed E-state index contributed by atoms with van der Waals surface area (Å²) in [5.74, 6) is 1.65. The van der Waals surface area contributed by atoms with Crippen molar-refractivity contribution in [2.45, 2.75) is 103 Å². The zero-order valence-corrected chi connectivity index (χ0v) is 18.8. The highest BCUT2D eigenvalue weighted by Crippen LogP contribution is 2.37. The van der Waals surface area contributed by atoms with Crippen LogP contribution in [0.2, 0.25) is 0 Å². The van der Waals surface area contributed by atoms with Gasteiger partial charge in [0.1, 0.15) is 0 Å². The molecule has 29 heavy (non-hydrogen) atoms. The predicted octanol–water partition coefficient (Wildman–Crippen LogP) is 8.73. The molecule has 1 heteroatoms. The number of benzene rings is 1. The molecule has 1 saturated carbocycles. The molecule has 0 N–H and O–H groups in total. The molecule has 1 aliphatic rings. The Morgan fingerprint density at radius 3 is 2.07 bits per heavy atom. The fourth-order valence-electron chi connectivity index (χ4n) is 4.85. The van der Waals surface area contributed by atoms with Gasteiger partial charge in [-0.15, -0.1) is 0 Å². The minimum atomic E-state index is 0.678. The SMILES string of the molecule is CCCCCCCC1CCC(c2ccc(-c3ccc(CCCC)cc3)cn2)CC1. The average Bonchev–Trinajstić information content (AvgIpc) is 2.78. The molecule has 1 aromatic heterocycles. The summed E-state index contributed by atoms with van der Waals surface area (Å²) < 4.78 is 0. The van der Waals surface area contributed by atoms with E-state index >= 15 is 0 Å². The second-order valence-electron chi connectivity index (χ2n) is 9.19. The summed E-state index contributed by atoms with van der Waals surface area (Å²) in [6, 6.07) is 13.6. The van der Waals surface area contributed by atoms with E-state index in [0.717, 1.165) is 5.92 Å². The van der Waals surface area contributed by atoms with Crippen molar-refractivity contribution in [2.24, 2.45) is 5.92 Å². The molecule has 2 aromatic rings. The number of hydrogen-bond acceptors (Lipinski definition) is 1. The Labute approximate surface area is 179 Å². The molecule has 1 nitrogen and oxygen atoms in total. The van der Waals surface area contributed by atoms with E-state index in [2.05, 4.69) is 56.4 Å². The van der Waals surface area contributed by atoms with Crippen LogP contribution in [0.1, 0.15) is 108 Å². The summed E-state index contributed by atoms with van der Waals surface area (Å²) >= 11 is 0. The van der Waals surface area contributed by atoms with Crippen LogP contribution in [0.5, 0.6) is 0 Å². The topological polar surface area (TPSA) is 12.9 Å². The Kier molecular flexibility index (Phi) is 9.25. The third kappa shape index (κ3) is 6.98. The van der Waals surface area contributed by atoms with Gasteiger partial charge in [-0.2, -0.15) is 0 Å². The number of aryl methyl sites for hydroxylation is 1. The molecule has 1 aromatic carbocycles. The van der Waals surface area contributed by atoms with Gasteiger partial charge in [0.15, 0.2) is 0 Å². The molecule has 0 amide bonds. The van der Waals surface area contributed by atoms with Crippen LogP contribution in [0.15, 0.2) is 42.6 Å². The van der Waals surface area contributed by atoms with Gasteiger partial charge in [0.2, 0.25) is 0 Å². The van der Waals surface area contributed by atoms with E-state index in [-0.39, 0.29) is 0 Å². The van der Waals surface area contributed by atoms with Crippen molar-refractivity contribution in [3.8, 4) is 11.1 Å². The molecule has 0 saturated heterocycles. The first-order valence-electron chi connectivity index (χ1n) is 12.4. The Balaban J connectivity index is 1.46.